The Balaban J connectivity index is 1.61. The van der Waals surface area contributed by atoms with Crippen LogP contribution in [-0.4, -0.2) is 29.8 Å². The quantitative estimate of drug-likeness (QED) is 0.499. The molecule has 0 N–H and O–H groups in total. The lowest BCUT2D eigenvalue weighted by Crippen LogP contribution is -2.15. The van der Waals surface area contributed by atoms with E-state index in [9.17, 15) is 0 Å². The Labute approximate surface area is 168 Å². The van der Waals surface area contributed by atoms with Crippen LogP contribution in [0.3, 0.4) is 0 Å². The average Bonchev–Trinajstić information content (AvgIpc) is 3.40. The van der Waals surface area contributed by atoms with Gasteiger partial charge in [-0.2, -0.15) is 5.10 Å². The van der Waals surface area contributed by atoms with Crippen LogP contribution >= 0.6 is 11.6 Å². The number of hydrogen-bond acceptors (Lipinski definition) is 4. The van der Waals surface area contributed by atoms with Crippen molar-refractivity contribution in [3.05, 3.63) is 71.3 Å². The first-order chi connectivity index (χ1) is 13.8. The fourth-order valence-electron chi connectivity index (χ4n) is 4.21. The van der Waals surface area contributed by atoms with E-state index in [2.05, 4.69) is 43.3 Å². The molecule has 5 rings (SSSR count). The van der Waals surface area contributed by atoms with Gasteiger partial charge in [0.15, 0.2) is 0 Å². The second-order valence-electron chi connectivity index (χ2n) is 7.40. The zero-order valence-electron chi connectivity index (χ0n) is 15.4. The second-order valence-corrected chi connectivity index (χ2v) is 7.84. The zero-order chi connectivity index (χ0) is 18.9. The lowest BCUT2D eigenvalue weighted by Gasteiger charge is -2.22. The lowest BCUT2D eigenvalue weighted by molar-refractivity contribution is 0.331. The molecule has 28 heavy (non-hydrogen) atoms. The summed E-state index contributed by atoms with van der Waals surface area (Å²) in [5.74, 6) is 0. The van der Waals surface area contributed by atoms with Crippen LogP contribution in [0.15, 0.2) is 55.1 Å². The summed E-state index contributed by atoms with van der Waals surface area (Å²) >= 11 is 6.10. The van der Waals surface area contributed by atoms with Crippen LogP contribution in [0.5, 0.6) is 0 Å². The molecular formula is C21H21ClN6. The molecule has 1 saturated carbocycles. The monoisotopic (exact) mass is 392 g/mol. The number of rotatable bonds is 4. The van der Waals surface area contributed by atoms with E-state index in [0.29, 0.717) is 6.04 Å². The van der Waals surface area contributed by atoms with E-state index in [1.54, 1.807) is 12.7 Å². The molecule has 1 aliphatic carbocycles. The average molecular weight is 393 g/mol. The first-order valence-corrected chi connectivity index (χ1v) is 10.1. The molecule has 7 heteroatoms. The maximum atomic E-state index is 6.10. The Kier molecular flexibility index (Phi) is 4.56. The highest BCUT2D eigenvalue weighted by Gasteiger charge is 2.22. The van der Waals surface area contributed by atoms with Gasteiger partial charge in [0.2, 0.25) is 0 Å². The molecule has 142 valence electrons. The molecule has 1 unspecified atom stereocenters. The lowest BCUT2D eigenvalue weighted by atomic mass is 9.95. The highest BCUT2D eigenvalue weighted by atomic mass is 35.5. The van der Waals surface area contributed by atoms with Gasteiger partial charge in [0.05, 0.1) is 11.6 Å². The summed E-state index contributed by atoms with van der Waals surface area (Å²) in [6.07, 6.45) is 9.50. The fourth-order valence-corrected chi connectivity index (χ4v) is 4.34. The molecule has 2 aromatic carbocycles. The first-order valence-electron chi connectivity index (χ1n) is 9.74. The molecule has 2 heterocycles. The Hall–Kier alpha value is -2.73. The molecule has 1 atom stereocenters. The summed E-state index contributed by atoms with van der Waals surface area (Å²) in [5.41, 5.74) is 4.25. The minimum Gasteiger partial charge on any atom is -0.242 e. The van der Waals surface area contributed by atoms with E-state index in [4.69, 9.17) is 11.6 Å². The van der Waals surface area contributed by atoms with Crippen LogP contribution in [0.25, 0.3) is 11.0 Å². The van der Waals surface area contributed by atoms with Gasteiger partial charge in [0, 0.05) is 5.02 Å². The van der Waals surface area contributed by atoms with Gasteiger partial charge in [-0.1, -0.05) is 54.3 Å². The predicted molar refractivity (Wildman–Crippen MR) is 108 cm³/mol. The van der Waals surface area contributed by atoms with Crippen molar-refractivity contribution in [2.24, 2.45) is 0 Å². The Morgan fingerprint density at radius 2 is 1.75 bits per heavy atom. The van der Waals surface area contributed by atoms with Crippen LogP contribution in [0, 0.1) is 0 Å². The van der Waals surface area contributed by atoms with E-state index in [-0.39, 0.29) is 6.04 Å². The Morgan fingerprint density at radius 3 is 2.50 bits per heavy atom. The van der Waals surface area contributed by atoms with Crippen molar-refractivity contribution < 1.29 is 0 Å². The molecule has 0 amide bonds. The predicted octanol–water partition coefficient (Wildman–Crippen LogP) is 4.82. The smallest absolute Gasteiger partial charge is 0.137 e. The van der Waals surface area contributed by atoms with E-state index < -0.39 is 0 Å². The van der Waals surface area contributed by atoms with Crippen molar-refractivity contribution in [3.63, 3.8) is 0 Å². The van der Waals surface area contributed by atoms with Gasteiger partial charge in [-0.05, 0) is 48.2 Å². The van der Waals surface area contributed by atoms with Crippen molar-refractivity contribution in [2.75, 3.05) is 0 Å². The fraction of sp³-hybridized carbons (Fsp3) is 0.333. The zero-order valence-corrected chi connectivity index (χ0v) is 16.2. The summed E-state index contributed by atoms with van der Waals surface area (Å²) in [4.78, 5) is 4.15. The van der Waals surface area contributed by atoms with Crippen LogP contribution < -0.4 is 0 Å². The van der Waals surface area contributed by atoms with Gasteiger partial charge < -0.3 is 0 Å². The molecule has 6 nitrogen and oxygen atoms in total. The molecule has 0 aliphatic heterocycles. The van der Waals surface area contributed by atoms with Crippen molar-refractivity contribution in [1.82, 2.24) is 29.8 Å². The maximum Gasteiger partial charge on any atom is 0.137 e. The van der Waals surface area contributed by atoms with E-state index in [1.807, 2.05) is 28.9 Å². The van der Waals surface area contributed by atoms with Gasteiger partial charge in [-0.3, -0.25) is 0 Å². The number of aromatic nitrogens is 6. The number of halogens is 1. The Morgan fingerprint density at radius 1 is 0.964 bits per heavy atom. The second kappa shape index (κ2) is 7.36. The standard InChI is InChI=1S/C21H21ClN6/c22-17-9-6-15(7-10-17)21(27-14-23-13-24-27)16-8-11-19-20(12-16)28(26-25-19)18-4-2-1-3-5-18/h6-14,18,21H,1-5H2. The number of fused-ring (bicyclic) bond motifs is 1. The molecule has 1 fully saturated rings. The molecule has 0 bridgehead atoms. The van der Waals surface area contributed by atoms with Crippen LogP contribution in [0.1, 0.15) is 55.3 Å². The highest BCUT2D eigenvalue weighted by Crippen LogP contribution is 2.32. The third-order valence-corrected chi connectivity index (χ3v) is 5.87. The van der Waals surface area contributed by atoms with Crippen molar-refractivity contribution in [1.29, 1.82) is 0 Å². The molecule has 0 radical (unpaired) electrons. The third kappa shape index (κ3) is 3.18. The maximum absolute atomic E-state index is 6.10. The summed E-state index contributed by atoms with van der Waals surface area (Å²) in [6, 6.07) is 14.6. The summed E-state index contributed by atoms with van der Waals surface area (Å²) in [5, 5.41) is 14.0. The topological polar surface area (TPSA) is 61.4 Å². The molecule has 1 aliphatic rings. The van der Waals surface area contributed by atoms with E-state index in [0.717, 1.165) is 27.2 Å². The molecule has 0 saturated heterocycles. The summed E-state index contributed by atoms with van der Waals surface area (Å²) < 4.78 is 4.00. The van der Waals surface area contributed by atoms with Crippen LogP contribution in [0.2, 0.25) is 5.02 Å². The molecule has 0 spiro atoms. The van der Waals surface area contributed by atoms with Gasteiger partial charge in [0.1, 0.15) is 24.2 Å². The van der Waals surface area contributed by atoms with Crippen molar-refractivity contribution >= 4 is 22.6 Å². The third-order valence-electron chi connectivity index (χ3n) is 5.62. The minimum atomic E-state index is -0.0844. The minimum absolute atomic E-state index is 0.0844. The van der Waals surface area contributed by atoms with Gasteiger partial charge in [-0.15, -0.1) is 5.10 Å². The van der Waals surface area contributed by atoms with Gasteiger partial charge in [-0.25, -0.2) is 14.3 Å². The summed E-state index contributed by atoms with van der Waals surface area (Å²) in [7, 11) is 0. The van der Waals surface area contributed by atoms with Gasteiger partial charge >= 0.3 is 0 Å². The van der Waals surface area contributed by atoms with Crippen molar-refractivity contribution in [2.45, 2.75) is 44.2 Å². The number of benzene rings is 2. The largest absolute Gasteiger partial charge is 0.242 e. The molecule has 2 aromatic heterocycles. The number of nitrogens with zero attached hydrogens (tertiary/aromatic N) is 6. The van der Waals surface area contributed by atoms with E-state index in [1.165, 1.54) is 32.1 Å². The molecule has 4 aromatic rings. The first kappa shape index (κ1) is 17.4. The molecular weight excluding hydrogens is 372 g/mol. The number of hydrogen-bond donors (Lipinski definition) is 0. The van der Waals surface area contributed by atoms with Gasteiger partial charge in [0.25, 0.3) is 0 Å². The Bertz CT molecular complexity index is 1060. The van der Waals surface area contributed by atoms with Crippen molar-refractivity contribution in [3.8, 4) is 0 Å². The van der Waals surface area contributed by atoms with E-state index >= 15 is 0 Å². The van der Waals surface area contributed by atoms with Crippen LogP contribution in [0.4, 0.5) is 0 Å². The summed E-state index contributed by atoms with van der Waals surface area (Å²) in [6.45, 7) is 0. The SMILES string of the molecule is Clc1ccc(C(c2ccc3nnn(C4CCCCC4)c3c2)n2cncn2)cc1. The van der Waals surface area contributed by atoms with Crippen LogP contribution in [-0.2, 0) is 0 Å². The highest BCUT2D eigenvalue weighted by molar-refractivity contribution is 6.30. The normalized spacial score (nSPS) is 16.5.